The monoisotopic (exact) mass is 333 g/mol. The standard InChI is InChI=1S/C21H19NO3/c1-25-20-13-7-16(8-14-20)15-22(18-9-11-19(23)12-10-18)21(24)17-5-3-2-4-6-17/h2-14,23H,15H2,1H3. The summed E-state index contributed by atoms with van der Waals surface area (Å²) in [6.07, 6.45) is 0. The molecule has 0 saturated carbocycles. The third-order valence-corrected chi connectivity index (χ3v) is 3.93. The van der Waals surface area contributed by atoms with E-state index in [4.69, 9.17) is 4.74 Å². The van der Waals surface area contributed by atoms with E-state index in [0.29, 0.717) is 12.1 Å². The lowest BCUT2D eigenvalue weighted by molar-refractivity contribution is 0.0985. The number of aromatic hydroxyl groups is 1. The summed E-state index contributed by atoms with van der Waals surface area (Å²) in [6, 6.07) is 23.4. The number of phenols is 1. The van der Waals surface area contributed by atoms with E-state index < -0.39 is 0 Å². The van der Waals surface area contributed by atoms with Gasteiger partial charge in [-0.05, 0) is 54.1 Å². The molecule has 1 amide bonds. The van der Waals surface area contributed by atoms with Gasteiger partial charge in [-0.3, -0.25) is 4.79 Å². The van der Waals surface area contributed by atoms with Gasteiger partial charge in [0.1, 0.15) is 11.5 Å². The Kier molecular flexibility index (Phi) is 5.00. The minimum atomic E-state index is -0.0953. The van der Waals surface area contributed by atoms with Crippen molar-refractivity contribution in [1.29, 1.82) is 0 Å². The van der Waals surface area contributed by atoms with Gasteiger partial charge >= 0.3 is 0 Å². The third-order valence-electron chi connectivity index (χ3n) is 3.93. The predicted molar refractivity (Wildman–Crippen MR) is 98.1 cm³/mol. The van der Waals surface area contributed by atoms with Crippen LogP contribution in [0.1, 0.15) is 15.9 Å². The lowest BCUT2D eigenvalue weighted by Crippen LogP contribution is -2.30. The van der Waals surface area contributed by atoms with Gasteiger partial charge in [0, 0.05) is 11.3 Å². The number of rotatable bonds is 5. The number of methoxy groups -OCH3 is 1. The molecule has 3 aromatic rings. The van der Waals surface area contributed by atoms with E-state index >= 15 is 0 Å². The van der Waals surface area contributed by atoms with Crippen LogP contribution in [0.5, 0.6) is 11.5 Å². The van der Waals surface area contributed by atoms with Crippen LogP contribution in [0.3, 0.4) is 0 Å². The average Bonchev–Trinajstić information content (AvgIpc) is 2.67. The van der Waals surface area contributed by atoms with Crippen LogP contribution < -0.4 is 9.64 Å². The molecule has 1 N–H and O–H groups in total. The average molecular weight is 333 g/mol. The topological polar surface area (TPSA) is 49.8 Å². The second kappa shape index (κ2) is 7.53. The van der Waals surface area contributed by atoms with Crippen LogP contribution in [0.25, 0.3) is 0 Å². The summed E-state index contributed by atoms with van der Waals surface area (Å²) in [4.78, 5) is 14.7. The van der Waals surface area contributed by atoms with Crippen molar-refractivity contribution >= 4 is 11.6 Å². The molecule has 0 aliphatic heterocycles. The van der Waals surface area contributed by atoms with Crippen molar-refractivity contribution in [3.63, 3.8) is 0 Å². The van der Waals surface area contributed by atoms with Crippen molar-refractivity contribution in [2.75, 3.05) is 12.0 Å². The number of hydrogen-bond acceptors (Lipinski definition) is 3. The summed E-state index contributed by atoms with van der Waals surface area (Å²) < 4.78 is 5.18. The summed E-state index contributed by atoms with van der Waals surface area (Å²) in [6.45, 7) is 0.419. The molecule has 0 bridgehead atoms. The number of benzene rings is 3. The first-order valence-electron chi connectivity index (χ1n) is 7.96. The van der Waals surface area contributed by atoms with E-state index in [-0.39, 0.29) is 11.7 Å². The number of hydrogen-bond donors (Lipinski definition) is 1. The summed E-state index contributed by atoms with van der Waals surface area (Å²) >= 11 is 0. The zero-order chi connectivity index (χ0) is 17.6. The van der Waals surface area contributed by atoms with Crippen LogP contribution in [-0.2, 0) is 6.54 Å². The van der Waals surface area contributed by atoms with Crippen LogP contribution in [0, 0.1) is 0 Å². The molecule has 4 heteroatoms. The van der Waals surface area contributed by atoms with Gasteiger partial charge in [-0.25, -0.2) is 0 Å². The molecule has 0 spiro atoms. The summed E-state index contributed by atoms with van der Waals surface area (Å²) in [5, 5.41) is 9.52. The quantitative estimate of drug-likeness (QED) is 0.759. The molecule has 126 valence electrons. The number of carbonyl (C=O) groups excluding carboxylic acids is 1. The Bertz CT molecular complexity index is 827. The van der Waals surface area contributed by atoms with E-state index in [1.54, 1.807) is 48.4 Å². The number of anilines is 1. The molecule has 0 atom stereocenters. The van der Waals surface area contributed by atoms with Gasteiger partial charge in [0.2, 0.25) is 0 Å². The van der Waals surface area contributed by atoms with Crippen LogP contribution in [0.2, 0.25) is 0 Å². The molecule has 0 aliphatic carbocycles. The normalized spacial score (nSPS) is 10.3. The fraction of sp³-hybridized carbons (Fsp3) is 0.0952. The molecule has 3 aromatic carbocycles. The summed E-state index contributed by atoms with van der Waals surface area (Å²) in [5.74, 6) is 0.844. The lowest BCUT2D eigenvalue weighted by Gasteiger charge is -2.23. The zero-order valence-electron chi connectivity index (χ0n) is 13.9. The molecule has 0 aromatic heterocycles. The highest BCUT2D eigenvalue weighted by Crippen LogP contribution is 2.23. The van der Waals surface area contributed by atoms with E-state index in [0.717, 1.165) is 17.0 Å². The minimum Gasteiger partial charge on any atom is -0.508 e. The smallest absolute Gasteiger partial charge is 0.258 e. The summed E-state index contributed by atoms with van der Waals surface area (Å²) in [7, 11) is 1.62. The number of phenolic OH excluding ortho intramolecular Hbond substituents is 1. The third kappa shape index (κ3) is 3.98. The van der Waals surface area contributed by atoms with Gasteiger partial charge in [0.05, 0.1) is 13.7 Å². The first kappa shape index (κ1) is 16.6. The Hall–Kier alpha value is -3.27. The van der Waals surface area contributed by atoms with Crippen molar-refractivity contribution in [1.82, 2.24) is 0 Å². The van der Waals surface area contributed by atoms with Gasteiger partial charge in [0.15, 0.2) is 0 Å². The second-order valence-electron chi connectivity index (χ2n) is 5.62. The fourth-order valence-electron chi connectivity index (χ4n) is 2.56. The van der Waals surface area contributed by atoms with Crippen molar-refractivity contribution in [2.24, 2.45) is 0 Å². The van der Waals surface area contributed by atoms with Gasteiger partial charge in [-0.1, -0.05) is 30.3 Å². The van der Waals surface area contributed by atoms with E-state index in [1.807, 2.05) is 42.5 Å². The molecule has 0 aliphatic rings. The molecule has 4 nitrogen and oxygen atoms in total. The molecule has 0 radical (unpaired) electrons. The van der Waals surface area contributed by atoms with Gasteiger partial charge in [-0.2, -0.15) is 0 Å². The number of ether oxygens (including phenoxy) is 1. The van der Waals surface area contributed by atoms with E-state index in [1.165, 1.54) is 0 Å². The van der Waals surface area contributed by atoms with Crippen molar-refractivity contribution in [2.45, 2.75) is 6.54 Å². The van der Waals surface area contributed by atoms with Crippen LogP contribution in [0.4, 0.5) is 5.69 Å². The highest BCUT2D eigenvalue weighted by atomic mass is 16.5. The zero-order valence-corrected chi connectivity index (χ0v) is 13.9. The van der Waals surface area contributed by atoms with Gasteiger partial charge < -0.3 is 14.7 Å². The Labute approximate surface area is 146 Å². The molecule has 0 unspecified atom stereocenters. The second-order valence-corrected chi connectivity index (χ2v) is 5.62. The maximum Gasteiger partial charge on any atom is 0.258 e. The Morgan fingerprint density at radius 2 is 1.56 bits per heavy atom. The predicted octanol–water partition coefficient (Wildman–Crippen LogP) is 4.25. The van der Waals surface area contributed by atoms with E-state index in [2.05, 4.69) is 0 Å². The Morgan fingerprint density at radius 1 is 0.920 bits per heavy atom. The maximum absolute atomic E-state index is 13.0. The Morgan fingerprint density at radius 3 is 2.16 bits per heavy atom. The molecule has 25 heavy (non-hydrogen) atoms. The molecule has 0 saturated heterocycles. The maximum atomic E-state index is 13.0. The molecule has 3 rings (SSSR count). The fourth-order valence-corrected chi connectivity index (χ4v) is 2.56. The molecular formula is C21H19NO3. The highest BCUT2D eigenvalue weighted by Gasteiger charge is 2.18. The first-order valence-corrected chi connectivity index (χ1v) is 7.96. The van der Waals surface area contributed by atoms with Crippen LogP contribution in [0.15, 0.2) is 78.9 Å². The number of nitrogens with zero attached hydrogens (tertiary/aromatic N) is 1. The highest BCUT2D eigenvalue weighted by molar-refractivity contribution is 6.06. The largest absolute Gasteiger partial charge is 0.508 e. The molecule has 0 fully saturated rings. The number of carbonyl (C=O) groups is 1. The molecule has 0 heterocycles. The lowest BCUT2D eigenvalue weighted by atomic mass is 10.1. The van der Waals surface area contributed by atoms with Crippen LogP contribution in [-0.4, -0.2) is 18.1 Å². The Balaban J connectivity index is 1.93. The molecular weight excluding hydrogens is 314 g/mol. The van der Waals surface area contributed by atoms with E-state index in [9.17, 15) is 9.90 Å². The van der Waals surface area contributed by atoms with Crippen molar-refractivity contribution in [3.05, 3.63) is 90.0 Å². The van der Waals surface area contributed by atoms with Gasteiger partial charge in [0.25, 0.3) is 5.91 Å². The SMILES string of the molecule is COc1ccc(CN(C(=O)c2ccccc2)c2ccc(O)cc2)cc1. The summed E-state index contributed by atoms with van der Waals surface area (Å²) in [5.41, 5.74) is 2.32. The van der Waals surface area contributed by atoms with Crippen LogP contribution >= 0.6 is 0 Å². The van der Waals surface area contributed by atoms with Gasteiger partial charge in [-0.15, -0.1) is 0 Å². The number of amides is 1. The van der Waals surface area contributed by atoms with Crippen molar-refractivity contribution in [3.8, 4) is 11.5 Å². The minimum absolute atomic E-state index is 0.0953. The van der Waals surface area contributed by atoms with Crippen molar-refractivity contribution < 1.29 is 14.6 Å². The first-order chi connectivity index (χ1) is 12.2.